The average Bonchev–Trinajstić information content (AvgIpc) is 3.17. The normalized spacial score (nSPS) is 18.4. The summed E-state index contributed by atoms with van der Waals surface area (Å²) >= 11 is 0. The van der Waals surface area contributed by atoms with Crippen molar-refractivity contribution in [3.63, 3.8) is 0 Å². The van der Waals surface area contributed by atoms with Crippen LogP contribution in [0.2, 0.25) is 0 Å². The number of hydrogen-bond acceptors (Lipinski definition) is 6. The van der Waals surface area contributed by atoms with E-state index >= 15 is 0 Å². The molecule has 196 valence electrons. The second kappa shape index (κ2) is 11.9. The molecular weight excluding hydrogens is 488 g/mol. The first-order valence-corrected chi connectivity index (χ1v) is 14.4. The maximum atomic E-state index is 12.8. The van der Waals surface area contributed by atoms with Gasteiger partial charge in [-0.05, 0) is 59.6 Å². The van der Waals surface area contributed by atoms with Crippen molar-refractivity contribution in [2.75, 3.05) is 19.0 Å². The van der Waals surface area contributed by atoms with Crippen LogP contribution in [0.3, 0.4) is 0 Å². The Morgan fingerprint density at radius 1 is 1.03 bits per heavy atom. The molecule has 2 atom stereocenters. The summed E-state index contributed by atoms with van der Waals surface area (Å²) in [7, 11) is -3.61. The van der Waals surface area contributed by atoms with E-state index in [-0.39, 0.29) is 18.1 Å². The number of hydrogen-bond donors (Lipinski definition) is 3. The van der Waals surface area contributed by atoms with Crippen molar-refractivity contribution < 1.29 is 28.5 Å². The highest BCUT2D eigenvalue weighted by Gasteiger charge is 2.41. The van der Waals surface area contributed by atoms with Crippen LogP contribution in [0.15, 0.2) is 83.4 Å². The molecule has 0 aliphatic carbocycles. The Morgan fingerprint density at radius 3 is 2.43 bits per heavy atom. The van der Waals surface area contributed by atoms with Crippen molar-refractivity contribution >= 4 is 26.7 Å². The van der Waals surface area contributed by atoms with Gasteiger partial charge >= 0.3 is 0 Å². The summed E-state index contributed by atoms with van der Waals surface area (Å²) in [5.41, 5.74) is 2.99. The fourth-order valence-electron chi connectivity index (χ4n) is 5.04. The van der Waals surface area contributed by atoms with Crippen LogP contribution in [0, 0.1) is 0 Å². The molecule has 0 bridgehead atoms. The van der Waals surface area contributed by atoms with E-state index in [0.717, 1.165) is 34.8 Å². The van der Waals surface area contributed by atoms with E-state index in [0.29, 0.717) is 29.7 Å². The first kappa shape index (κ1) is 26.9. The Morgan fingerprint density at radius 2 is 1.73 bits per heavy atom. The number of allylic oxidation sites excluding steroid dienone is 1. The Hall–Kier alpha value is -3.13. The van der Waals surface area contributed by atoms with Crippen molar-refractivity contribution in [2.24, 2.45) is 0 Å². The molecule has 0 radical (unpaired) electrons. The van der Waals surface area contributed by atoms with Crippen molar-refractivity contribution in [3.8, 4) is 11.5 Å². The molecule has 1 heterocycles. The van der Waals surface area contributed by atoms with Crippen molar-refractivity contribution in [1.29, 1.82) is 0 Å². The Kier molecular flexibility index (Phi) is 8.69. The lowest BCUT2D eigenvalue weighted by atomic mass is 9.93. The molecule has 4 rings (SSSR count). The number of benzene rings is 3. The van der Waals surface area contributed by atoms with Gasteiger partial charge in [0.15, 0.2) is 9.84 Å². The summed E-state index contributed by atoms with van der Waals surface area (Å²) in [6.07, 6.45) is 3.73. The number of aromatic hydroxyl groups is 1. The molecule has 1 aliphatic heterocycles. The predicted octanol–water partition coefficient (Wildman–Crippen LogP) is 5.03. The monoisotopic (exact) mass is 522 g/mol. The molecule has 3 aromatic rings. The summed E-state index contributed by atoms with van der Waals surface area (Å²) in [6.45, 7) is 1.57. The Bertz CT molecular complexity index is 1390. The summed E-state index contributed by atoms with van der Waals surface area (Å²) in [5.74, 6) is 0.618. The van der Waals surface area contributed by atoms with Gasteiger partial charge in [-0.15, -0.1) is 0 Å². The third-order valence-electron chi connectivity index (χ3n) is 6.85. The zero-order valence-corrected chi connectivity index (χ0v) is 21.8. The molecule has 1 aliphatic rings. The van der Waals surface area contributed by atoms with Crippen LogP contribution < -0.4 is 4.74 Å². The van der Waals surface area contributed by atoms with E-state index < -0.39 is 27.8 Å². The molecular formula is C30H34O6S. The van der Waals surface area contributed by atoms with Crippen LogP contribution in [-0.2, 0) is 9.84 Å². The largest absolute Gasteiger partial charge is 0.507 e. The fourth-order valence-corrected chi connectivity index (χ4v) is 6.92. The third kappa shape index (κ3) is 6.24. The topological polar surface area (TPSA) is 104 Å². The second-order valence-electron chi connectivity index (χ2n) is 9.47. The highest BCUT2D eigenvalue weighted by atomic mass is 32.2. The van der Waals surface area contributed by atoms with E-state index in [4.69, 9.17) is 4.74 Å². The van der Waals surface area contributed by atoms with Gasteiger partial charge in [0.2, 0.25) is 0 Å². The number of aliphatic hydroxyl groups excluding tert-OH is 2. The van der Waals surface area contributed by atoms with Gasteiger partial charge in [0, 0.05) is 5.39 Å². The van der Waals surface area contributed by atoms with Gasteiger partial charge in [-0.1, -0.05) is 73.5 Å². The molecule has 0 fully saturated rings. The van der Waals surface area contributed by atoms with Crippen LogP contribution in [0.5, 0.6) is 11.5 Å². The van der Waals surface area contributed by atoms with Crippen molar-refractivity contribution in [1.82, 2.24) is 0 Å². The fraction of sp³-hybridized carbons (Fsp3) is 0.333. The first-order valence-electron chi connectivity index (χ1n) is 12.6. The average molecular weight is 523 g/mol. The van der Waals surface area contributed by atoms with E-state index in [1.54, 1.807) is 18.2 Å². The summed E-state index contributed by atoms with van der Waals surface area (Å²) in [6, 6.07) is 20.4. The van der Waals surface area contributed by atoms with Gasteiger partial charge in [0.1, 0.15) is 23.4 Å². The molecule has 0 unspecified atom stereocenters. The number of sulfone groups is 1. The van der Waals surface area contributed by atoms with E-state index in [1.807, 2.05) is 48.5 Å². The number of rotatable bonds is 11. The highest BCUT2D eigenvalue weighted by Crippen LogP contribution is 2.34. The van der Waals surface area contributed by atoms with E-state index in [1.165, 1.54) is 0 Å². The molecule has 0 saturated carbocycles. The maximum Gasteiger partial charge on any atom is 0.163 e. The maximum absolute atomic E-state index is 12.8. The molecule has 3 aromatic carbocycles. The minimum atomic E-state index is -3.61. The number of para-hydroxylation sites is 1. The van der Waals surface area contributed by atoms with Gasteiger partial charge in [-0.25, -0.2) is 8.42 Å². The molecule has 37 heavy (non-hydrogen) atoms. The van der Waals surface area contributed by atoms with Crippen LogP contribution >= 0.6 is 0 Å². The minimum absolute atomic E-state index is 0.0449. The number of phenols is 1. The van der Waals surface area contributed by atoms with Crippen LogP contribution in [0.4, 0.5) is 0 Å². The molecule has 6 nitrogen and oxygen atoms in total. The van der Waals surface area contributed by atoms with Crippen LogP contribution in [0.1, 0.15) is 38.2 Å². The predicted molar refractivity (Wildman–Crippen MR) is 147 cm³/mol. The van der Waals surface area contributed by atoms with Crippen molar-refractivity contribution in [2.45, 2.75) is 44.0 Å². The Balaban J connectivity index is 1.57. The van der Waals surface area contributed by atoms with Gasteiger partial charge in [0.25, 0.3) is 0 Å². The SMILES string of the molecule is CCC/C(=C\c1ccc(O)c2ccccc12)CC[C@@H](O)C1=C(COc2ccccc2)CS(=O)(=O)[C@H]1CO. The lowest BCUT2D eigenvalue weighted by molar-refractivity contribution is 0.187. The molecule has 0 aromatic heterocycles. The first-order chi connectivity index (χ1) is 17.8. The second-order valence-corrected chi connectivity index (χ2v) is 11.6. The summed E-state index contributed by atoms with van der Waals surface area (Å²) < 4.78 is 31.3. The highest BCUT2D eigenvalue weighted by molar-refractivity contribution is 7.92. The molecule has 7 heteroatoms. The standard InChI is InChI=1S/C30H34O6S/c1-2-8-21(17-22-14-16-27(32)26-12-7-6-11-25(22)26)13-15-28(33)30-23(20-37(34,35)29(30)18-31)19-36-24-9-4-3-5-10-24/h3-7,9-12,14,16-17,28-29,31-33H,2,8,13,15,18-20H2,1H3/b21-17+/t28-,29+/m1/s1. The minimum Gasteiger partial charge on any atom is -0.507 e. The van der Waals surface area contributed by atoms with Gasteiger partial charge in [-0.2, -0.15) is 0 Å². The van der Waals surface area contributed by atoms with E-state index in [9.17, 15) is 23.7 Å². The van der Waals surface area contributed by atoms with Gasteiger partial charge in [0.05, 0.1) is 18.5 Å². The number of fused-ring (bicyclic) bond motifs is 1. The smallest absolute Gasteiger partial charge is 0.163 e. The lowest BCUT2D eigenvalue weighted by Crippen LogP contribution is -2.29. The van der Waals surface area contributed by atoms with Gasteiger partial charge < -0.3 is 20.1 Å². The summed E-state index contributed by atoms with van der Waals surface area (Å²) in [5, 5.41) is 31.9. The number of aliphatic hydroxyl groups is 2. The zero-order chi connectivity index (χ0) is 26.4. The van der Waals surface area contributed by atoms with Crippen LogP contribution in [0.25, 0.3) is 16.8 Å². The Labute approximate surface area is 218 Å². The zero-order valence-electron chi connectivity index (χ0n) is 21.0. The molecule has 0 spiro atoms. The lowest BCUT2D eigenvalue weighted by Gasteiger charge is -2.20. The number of ether oxygens (including phenoxy) is 1. The molecule has 0 saturated heterocycles. The molecule has 3 N–H and O–H groups in total. The molecule has 0 amide bonds. The quantitative estimate of drug-likeness (QED) is 0.305. The van der Waals surface area contributed by atoms with Crippen LogP contribution in [-0.4, -0.2) is 54.1 Å². The number of phenolic OH excluding ortho intramolecular Hbond substituents is 1. The third-order valence-corrected chi connectivity index (χ3v) is 8.87. The van der Waals surface area contributed by atoms with Gasteiger partial charge in [-0.3, -0.25) is 0 Å². The van der Waals surface area contributed by atoms with E-state index in [2.05, 4.69) is 13.0 Å². The summed E-state index contributed by atoms with van der Waals surface area (Å²) in [4.78, 5) is 0. The van der Waals surface area contributed by atoms with Crippen molar-refractivity contribution in [3.05, 3.63) is 89.0 Å².